The summed E-state index contributed by atoms with van der Waals surface area (Å²) in [6, 6.07) is 0. The van der Waals surface area contributed by atoms with Crippen molar-refractivity contribution in [2.75, 3.05) is 19.8 Å². The summed E-state index contributed by atoms with van der Waals surface area (Å²) < 4.78 is 4.90. The monoisotopic (exact) mass is 169 g/mol. The Morgan fingerprint density at radius 3 is 2.92 bits per heavy atom. The fraction of sp³-hybridized carbons (Fsp3) is 0.667. The molecular formula is C9H15NO2. The van der Waals surface area contributed by atoms with Gasteiger partial charge < -0.3 is 10.1 Å². The molecule has 0 rings (SSSR count). The lowest BCUT2D eigenvalue weighted by molar-refractivity contribution is -0.125. The molecule has 3 heteroatoms. The predicted octanol–water partition coefficient (Wildman–Crippen LogP) is 0.552. The van der Waals surface area contributed by atoms with Crippen molar-refractivity contribution in [3.8, 4) is 11.8 Å². The SMILES string of the molecule is CC#CCCNC(=O)COCC. The number of ether oxygens (including phenoxy) is 1. The van der Waals surface area contributed by atoms with Gasteiger partial charge in [0.1, 0.15) is 6.61 Å². The summed E-state index contributed by atoms with van der Waals surface area (Å²) in [5, 5.41) is 2.69. The Balaban J connectivity index is 3.23. The van der Waals surface area contributed by atoms with Gasteiger partial charge in [-0.2, -0.15) is 0 Å². The highest BCUT2D eigenvalue weighted by atomic mass is 16.5. The summed E-state index contributed by atoms with van der Waals surface area (Å²) in [4.78, 5) is 10.9. The minimum Gasteiger partial charge on any atom is -0.372 e. The Hall–Kier alpha value is -1.01. The quantitative estimate of drug-likeness (QED) is 0.482. The third-order valence-electron chi connectivity index (χ3n) is 1.19. The van der Waals surface area contributed by atoms with E-state index in [-0.39, 0.29) is 12.5 Å². The van der Waals surface area contributed by atoms with Gasteiger partial charge in [-0.05, 0) is 13.8 Å². The first-order valence-electron chi connectivity index (χ1n) is 4.05. The van der Waals surface area contributed by atoms with Crippen molar-refractivity contribution >= 4 is 5.91 Å². The van der Waals surface area contributed by atoms with Crippen LogP contribution in [0.2, 0.25) is 0 Å². The molecular weight excluding hydrogens is 154 g/mol. The number of hydrogen-bond acceptors (Lipinski definition) is 2. The molecule has 0 spiro atoms. The Morgan fingerprint density at radius 2 is 2.33 bits per heavy atom. The standard InChI is InChI=1S/C9H15NO2/c1-3-5-6-7-10-9(11)8-12-4-2/h4,6-8H2,1-2H3,(H,10,11). The molecule has 0 bridgehead atoms. The molecule has 0 aliphatic heterocycles. The largest absolute Gasteiger partial charge is 0.372 e. The zero-order valence-corrected chi connectivity index (χ0v) is 7.64. The second kappa shape index (κ2) is 8.09. The molecule has 0 aliphatic carbocycles. The van der Waals surface area contributed by atoms with Crippen molar-refractivity contribution in [3.05, 3.63) is 0 Å². The number of amides is 1. The van der Waals surface area contributed by atoms with Gasteiger partial charge in [-0.25, -0.2) is 0 Å². The molecule has 0 aromatic heterocycles. The maximum Gasteiger partial charge on any atom is 0.246 e. The smallest absolute Gasteiger partial charge is 0.246 e. The molecule has 0 aromatic rings. The van der Waals surface area contributed by atoms with Gasteiger partial charge in [0, 0.05) is 19.6 Å². The molecule has 0 aliphatic rings. The summed E-state index contributed by atoms with van der Waals surface area (Å²) >= 11 is 0. The number of hydrogen-bond donors (Lipinski definition) is 1. The van der Waals surface area contributed by atoms with E-state index < -0.39 is 0 Å². The topological polar surface area (TPSA) is 38.3 Å². The molecule has 0 aromatic carbocycles. The summed E-state index contributed by atoms with van der Waals surface area (Å²) in [6.45, 7) is 4.96. The maximum atomic E-state index is 10.9. The van der Waals surface area contributed by atoms with Crippen LogP contribution in [0, 0.1) is 11.8 Å². The predicted molar refractivity (Wildman–Crippen MR) is 47.6 cm³/mol. The van der Waals surface area contributed by atoms with Gasteiger partial charge >= 0.3 is 0 Å². The highest BCUT2D eigenvalue weighted by molar-refractivity contribution is 5.77. The molecule has 0 atom stereocenters. The van der Waals surface area contributed by atoms with Crippen LogP contribution in [0.4, 0.5) is 0 Å². The second-order valence-corrected chi connectivity index (χ2v) is 2.16. The van der Waals surface area contributed by atoms with Crippen LogP contribution in [-0.2, 0) is 9.53 Å². The lowest BCUT2D eigenvalue weighted by Gasteiger charge is -2.01. The molecule has 1 N–H and O–H groups in total. The normalized spacial score (nSPS) is 8.50. The van der Waals surface area contributed by atoms with Gasteiger partial charge in [0.05, 0.1) is 0 Å². The van der Waals surface area contributed by atoms with Gasteiger partial charge in [0.15, 0.2) is 0 Å². The van der Waals surface area contributed by atoms with Crippen LogP contribution >= 0.6 is 0 Å². The van der Waals surface area contributed by atoms with E-state index in [1.165, 1.54) is 0 Å². The highest BCUT2D eigenvalue weighted by Crippen LogP contribution is 1.76. The van der Waals surface area contributed by atoms with Crippen molar-refractivity contribution in [1.29, 1.82) is 0 Å². The lowest BCUT2D eigenvalue weighted by Crippen LogP contribution is -2.28. The van der Waals surface area contributed by atoms with Gasteiger partial charge in [-0.1, -0.05) is 0 Å². The van der Waals surface area contributed by atoms with Crippen LogP contribution in [0.1, 0.15) is 20.3 Å². The van der Waals surface area contributed by atoms with Gasteiger partial charge in [0.25, 0.3) is 0 Å². The van der Waals surface area contributed by atoms with Crippen LogP contribution in [0.15, 0.2) is 0 Å². The van der Waals surface area contributed by atoms with E-state index in [2.05, 4.69) is 17.2 Å². The summed E-state index contributed by atoms with van der Waals surface area (Å²) in [5.74, 6) is 5.53. The zero-order chi connectivity index (χ0) is 9.23. The second-order valence-electron chi connectivity index (χ2n) is 2.16. The molecule has 1 amide bonds. The molecule has 12 heavy (non-hydrogen) atoms. The third-order valence-corrected chi connectivity index (χ3v) is 1.19. The molecule has 0 saturated carbocycles. The minimum absolute atomic E-state index is 0.0743. The van der Waals surface area contributed by atoms with E-state index in [1.54, 1.807) is 6.92 Å². The number of nitrogens with one attached hydrogen (secondary N) is 1. The third kappa shape index (κ3) is 7.10. The average molecular weight is 169 g/mol. The first-order chi connectivity index (χ1) is 5.81. The summed E-state index contributed by atoms with van der Waals surface area (Å²) in [7, 11) is 0. The van der Waals surface area contributed by atoms with Gasteiger partial charge in [-0.15, -0.1) is 11.8 Å². The highest BCUT2D eigenvalue weighted by Gasteiger charge is 1.97. The molecule has 0 saturated heterocycles. The molecule has 0 heterocycles. The Bertz CT molecular complexity index is 179. The lowest BCUT2D eigenvalue weighted by atomic mass is 10.4. The van der Waals surface area contributed by atoms with Crippen LogP contribution in [-0.4, -0.2) is 25.7 Å². The number of carbonyl (C=O) groups is 1. The number of rotatable bonds is 5. The molecule has 0 radical (unpaired) electrons. The van der Waals surface area contributed by atoms with E-state index in [9.17, 15) is 4.79 Å². The van der Waals surface area contributed by atoms with E-state index >= 15 is 0 Å². The van der Waals surface area contributed by atoms with Gasteiger partial charge in [0.2, 0.25) is 5.91 Å². The Kier molecular flexibility index (Phi) is 7.41. The van der Waals surface area contributed by atoms with Crippen LogP contribution < -0.4 is 5.32 Å². The first kappa shape index (κ1) is 11.0. The van der Waals surface area contributed by atoms with Crippen molar-refractivity contribution in [2.24, 2.45) is 0 Å². The van der Waals surface area contributed by atoms with E-state index in [1.807, 2.05) is 6.92 Å². The van der Waals surface area contributed by atoms with Crippen LogP contribution in [0.25, 0.3) is 0 Å². The number of carbonyl (C=O) groups excluding carboxylic acids is 1. The van der Waals surface area contributed by atoms with Crippen molar-refractivity contribution in [2.45, 2.75) is 20.3 Å². The summed E-state index contributed by atoms with van der Waals surface area (Å²) in [6.07, 6.45) is 0.703. The zero-order valence-electron chi connectivity index (χ0n) is 7.64. The van der Waals surface area contributed by atoms with Gasteiger partial charge in [-0.3, -0.25) is 4.79 Å². The average Bonchev–Trinajstić information content (AvgIpc) is 2.09. The fourth-order valence-electron chi connectivity index (χ4n) is 0.635. The van der Waals surface area contributed by atoms with E-state index in [0.717, 1.165) is 0 Å². The van der Waals surface area contributed by atoms with Crippen molar-refractivity contribution in [1.82, 2.24) is 5.32 Å². The van der Waals surface area contributed by atoms with Crippen LogP contribution in [0.5, 0.6) is 0 Å². The van der Waals surface area contributed by atoms with E-state index in [4.69, 9.17) is 4.74 Å². The van der Waals surface area contributed by atoms with Crippen LogP contribution in [0.3, 0.4) is 0 Å². The molecule has 68 valence electrons. The Morgan fingerprint density at radius 1 is 1.58 bits per heavy atom. The summed E-state index contributed by atoms with van der Waals surface area (Å²) in [5.41, 5.74) is 0. The Labute approximate surface area is 73.5 Å². The molecule has 3 nitrogen and oxygen atoms in total. The minimum atomic E-state index is -0.0743. The first-order valence-corrected chi connectivity index (χ1v) is 4.05. The van der Waals surface area contributed by atoms with Crippen molar-refractivity contribution in [3.63, 3.8) is 0 Å². The molecule has 0 unspecified atom stereocenters. The van der Waals surface area contributed by atoms with Crippen molar-refractivity contribution < 1.29 is 9.53 Å². The maximum absolute atomic E-state index is 10.9. The van der Waals surface area contributed by atoms with E-state index in [0.29, 0.717) is 19.6 Å². The fourth-order valence-corrected chi connectivity index (χ4v) is 0.635. The molecule has 0 fully saturated rings.